The van der Waals surface area contributed by atoms with E-state index in [1.54, 1.807) is 0 Å². The third-order valence-electron chi connectivity index (χ3n) is 4.07. The van der Waals surface area contributed by atoms with Crippen LogP contribution in [0.25, 0.3) is 0 Å². The highest BCUT2D eigenvalue weighted by Gasteiger charge is 2.13. The molecule has 2 nitrogen and oxygen atoms in total. The van der Waals surface area contributed by atoms with Gasteiger partial charge in [0.05, 0.1) is 0 Å². The first kappa shape index (κ1) is 17.1. The van der Waals surface area contributed by atoms with E-state index in [2.05, 4.69) is 31.0 Å². The Bertz CT molecular complexity index is 364. The van der Waals surface area contributed by atoms with Gasteiger partial charge in [0.1, 0.15) is 5.82 Å². The second-order valence-corrected chi connectivity index (χ2v) is 5.59. The fraction of sp³-hybridized carbons (Fsp3) is 0.647. The lowest BCUT2D eigenvalue weighted by atomic mass is 10.0. The number of hydrogen-bond acceptors (Lipinski definition) is 2. The minimum atomic E-state index is -0.171. The van der Waals surface area contributed by atoms with Crippen molar-refractivity contribution < 1.29 is 4.39 Å². The Hall–Kier alpha value is -0.930. The molecule has 0 spiro atoms. The molecule has 0 aliphatic carbocycles. The van der Waals surface area contributed by atoms with Crippen molar-refractivity contribution in [1.29, 1.82) is 0 Å². The summed E-state index contributed by atoms with van der Waals surface area (Å²) >= 11 is 0. The monoisotopic (exact) mass is 280 g/mol. The van der Waals surface area contributed by atoms with E-state index in [4.69, 9.17) is 0 Å². The fourth-order valence-corrected chi connectivity index (χ4v) is 2.43. The van der Waals surface area contributed by atoms with Crippen molar-refractivity contribution in [1.82, 2.24) is 10.2 Å². The van der Waals surface area contributed by atoms with Crippen molar-refractivity contribution in [2.75, 3.05) is 26.7 Å². The highest BCUT2D eigenvalue weighted by Crippen LogP contribution is 2.18. The zero-order valence-electron chi connectivity index (χ0n) is 13.3. The van der Waals surface area contributed by atoms with E-state index in [1.807, 2.05) is 19.2 Å². The average molecular weight is 280 g/mol. The lowest BCUT2D eigenvalue weighted by molar-refractivity contribution is 0.234. The van der Waals surface area contributed by atoms with Crippen LogP contribution in [0.5, 0.6) is 0 Å². The van der Waals surface area contributed by atoms with E-state index in [0.717, 1.165) is 37.5 Å². The molecule has 0 heterocycles. The Morgan fingerprint density at radius 3 is 2.35 bits per heavy atom. The van der Waals surface area contributed by atoms with E-state index < -0.39 is 0 Å². The van der Waals surface area contributed by atoms with Crippen LogP contribution in [-0.4, -0.2) is 31.6 Å². The molecule has 0 saturated carbocycles. The summed E-state index contributed by atoms with van der Waals surface area (Å²) in [5.41, 5.74) is 1.16. The molecule has 0 fully saturated rings. The predicted molar refractivity (Wildman–Crippen MR) is 84.4 cm³/mol. The van der Waals surface area contributed by atoms with Crippen molar-refractivity contribution >= 4 is 0 Å². The molecule has 2 unspecified atom stereocenters. The van der Waals surface area contributed by atoms with Crippen LogP contribution >= 0.6 is 0 Å². The van der Waals surface area contributed by atoms with Gasteiger partial charge in [-0.1, -0.05) is 39.3 Å². The number of nitrogens with zero attached hydrogens (tertiary/aromatic N) is 1. The number of halogens is 1. The molecule has 0 amide bonds. The molecule has 0 aliphatic heterocycles. The molecular formula is C17H29FN2. The van der Waals surface area contributed by atoms with Gasteiger partial charge in [-0.25, -0.2) is 4.39 Å². The summed E-state index contributed by atoms with van der Waals surface area (Å²) in [7, 11) is 1.97. The summed E-state index contributed by atoms with van der Waals surface area (Å²) in [6.45, 7) is 10.1. The van der Waals surface area contributed by atoms with Gasteiger partial charge in [-0.3, -0.25) is 0 Å². The highest BCUT2D eigenvalue weighted by molar-refractivity contribution is 5.19. The summed E-state index contributed by atoms with van der Waals surface area (Å²) in [5, 5.41) is 3.34. The molecule has 0 aromatic heterocycles. The molecule has 1 rings (SSSR count). The van der Waals surface area contributed by atoms with Crippen LogP contribution in [0.15, 0.2) is 24.3 Å². The van der Waals surface area contributed by atoms with Crippen molar-refractivity contribution in [2.24, 2.45) is 5.92 Å². The van der Waals surface area contributed by atoms with Crippen LogP contribution in [-0.2, 0) is 0 Å². The number of benzene rings is 1. The zero-order chi connectivity index (χ0) is 15.0. The van der Waals surface area contributed by atoms with Gasteiger partial charge in [0.2, 0.25) is 0 Å². The van der Waals surface area contributed by atoms with E-state index in [-0.39, 0.29) is 5.82 Å². The number of rotatable bonds is 9. The summed E-state index contributed by atoms with van der Waals surface area (Å²) in [6, 6.07) is 7.12. The van der Waals surface area contributed by atoms with E-state index in [1.165, 1.54) is 18.6 Å². The second kappa shape index (κ2) is 9.09. The lowest BCUT2D eigenvalue weighted by Gasteiger charge is -2.26. The van der Waals surface area contributed by atoms with Crippen LogP contribution in [0.4, 0.5) is 4.39 Å². The molecule has 3 heteroatoms. The fourth-order valence-electron chi connectivity index (χ4n) is 2.43. The average Bonchev–Trinajstić information content (AvgIpc) is 2.47. The molecular weight excluding hydrogens is 251 g/mol. The summed E-state index contributed by atoms with van der Waals surface area (Å²) in [5.74, 6) is 0.573. The van der Waals surface area contributed by atoms with Crippen molar-refractivity contribution in [3.8, 4) is 0 Å². The van der Waals surface area contributed by atoms with Gasteiger partial charge in [0.25, 0.3) is 0 Å². The summed E-state index contributed by atoms with van der Waals surface area (Å²) in [4.78, 5) is 2.50. The number of hydrogen-bond donors (Lipinski definition) is 1. The molecule has 114 valence electrons. The van der Waals surface area contributed by atoms with E-state index in [9.17, 15) is 4.39 Å². The Labute approximate surface area is 123 Å². The molecule has 1 aromatic carbocycles. The maximum atomic E-state index is 13.0. The zero-order valence-corrected chi connectivity index (χ0v) is 13.3. The molecule has 0 aliphatic rings. The molecule has 20 heavy (non-hydrogen) atoms. The molecule has 1 aromatic rings. The molecule has 1 N–H and O–H groups in total. The first-order valence-electron chi connectivity index (χ1n) is 7.75. The van der Waals surface area contributed by atoms with Crippen molar-refractivity contribution in [2.45, 2.75) is 39.7 Å². The van der Waals surface area contributed by atoms with Crippen LogP contribution in [0.2, 0.25) is 0 Å². The maximum absolute atomic E-state index is 13.0. The topological polar surface area (TPSA) is 15.3 Å². The van der Waals surface area contributed by atoms with Gasteiger partial charge in [0, 0.05) is 12.6 Å². The van der Waals surface area contributed by atoms with Crippen molar-refractivity contribution in [3.63, 3.8) is 0 Å². The third-order valence-corrected chi connectivity index (χ3v) is 4.07. The predicted octanol–water partition coefficient (Wildman–Crippen LogP) is 3.84. The quantitative estimate of drug-likeness (QED) is 0.739. The second-order valence-electron chi connectivity index (χ2n) is 5.59. The lowest BCUT2D eigenvalue weighted by Crippen LogP contribution is -2.31. The molecule has 0 saturated heterocycles. The van der Waals surface area contributed by atoms with Crippen molar-refractivity contribution in [3.05, 3.63) is 35.6 Å². The Morgan fingerprint density at radius 2 is 1.85 bits per heavy atom. The van der Waals surface area contributed by atoms with Gasteiger partial charge >= 0.3 is 0 Å². The maximum Gasteiger partial charge on any atom is 0.123 e. The molecule has 0 radical (unpaired) electrons. The number of nitrogens with one attached hydrogen (secondary N) is 1. The van der Waals surface area contributed by atoms with Gasteiger partial charge in [-0.2, -0.15) is 0 Å². The van der Waals surface area contributed by atoms with Gasteiger partial charge in [0.15, 0.2) is 0 Å². The molecule has 2 atom stereocenters. The summed E-state index contributed by atoms with van der Waals surface area (Å²) in [6.07, 6.45) is 2.27. The molecule has 0 bridgehead atoms. The normalized spacial score (nSPS) is 14.5. The minimum absolute atomic E-state index is 0.171. The summed E-state index contributed by atoms with van der Waals surface area (Å²) < 4.78 is 13.0. The Balaban J connectivity index is 2.53. The van der Waals surface area contributed by atoms with E-state index in [0.29, 0.717) is 6.04 Å². The van der Waals surface area contributed by atoms with Crippen LogP contribution in [0.1, 0.15) is 45.2 Å². The Morgan fingerprint density at radius 1 is 1.20 bits per heavy atom. The van der Waals surface area contributed by atoms with Gasteiger partial charge in [-0.05, 0) is 50.2 Å². The van der Waals surface area contributed by atoms with Gasteiger partial charge < -0.3 is 10.2 Å². The first-order chi connectivity index (χ1) is 9.60. The SMILES string of the molecule is CCC(C)CN(CC)CCC(NC)c1ccc(F)cc1. The Kier molecular flexibility index (Phi) is 7.78. The minimum Gasteiger partial charge on any atom is -0.313 e. The standard InChI is InChI=1S/C17H29FN2/c1-5-14(3)13-20(6-2)12-11-17(19-4)15-7-9-16(18)10-8-15/h7-10,14,17,19H,5-6,11-13H2,1-4H3. The van der Waals surface area contributed by atoms with Crippen LogP contribution in [0.3, 0.4) is 0 Å². The highest BCUT2D eigenvalue weighted by atomic mass is 19.1. The third kappa shape index (κ3) is 5.59. The first-order valence-corrected chi connectivity index (χ1v) is 7.75. The van der Waals surface area contributed by atoms with E-state index >= 15 is 0 Å². The van der Waals surface area contributed by atoms with Crippen LogP contribution in [0, 0.1) is 11.7 Å². The smallest absolute Gasteiger partial charge is 0.123 e. The van der Waals surface area contributed by atoms with Gasteiger partial charge in [-0.15, -0.1) is 0 Å². The van der Waals surface area contributed by atoms with Crippen LogP contribution < -0.4 is 5.32 Å². The largest absolute Gasteiger partial charge is 0.313 e.